The summed E-state index contributed by atoms with van der Waals surface area (Å²) in [6.07, 6.45) is 9.70. The fraction of sp³-hybridized carbons (Fsp3) is 0.727. The van der Waals surface area contributed by atoms with E-state index in [1.54, 1.807) is 0 Å². The molecular weight excluding hydrogens is 301 g/mol. The molecule has 1 aromatic heterocycles. The first-order valence-corrected chi connectivity index (χ1v) is 6.81. The Morgan fingerprint density at radius 3 is 2.93 bits per heavy atom. The van der Waals surface area contributed by atoms with Gasteiger partial charge in [-0.2, -0.15) is 5.10 Å². The van der Waals surface area contributed by atoms with Crippen molar-refractivity contribution in [1.29, 1.82) is 0 Å². The summed E-state index contributed by atoms with van der Waals surface area (Å²) in [6, 6.07) is 0. The molecule has 15 heavy (non-hydrogen) atoms. The fourth-order valence-corrected chi connectivity index (χ4v) is 2.62. The molecule has 2 rings (SSSR count). The number of rotatable bonds is 5. The summed E-state index contributed by atoms with van der Waals surface area (Å²) < 4.78 is 3.21. The van der Waals surface area contributed by atoms with Crippen LogP contribution in [0, 0.1) is 9.49 Å². The Balaban J connectivity index is 1.58. The van der Waals surface area contributed by atoms with Crippen LogP contribution in [0.15, 0.2) is 12.4 Å². The molecule has 4 heteroatoms. The maximum Gasteiger partial charge on any atom is 0.0623 e. The van der Waals surface area contributed by atoms with Crippen molar-refractivity contribution in [3.63, 3.8) is 0 Å². The first-order chi connectivity index (χ1) is 7.34. The lowest BCUT2D eigenvalue weighted by molar-refractivity contribution is 0.467. The third kappa shape index (κ3) is 3.75. The summed E-state index contributed by atoms with van der Waals surface area (Å²) in [4.78, 5) is 0. The maximum atomic E-state index is 4.25. The summed E-state index contributed by atoms with van der Waals surface area (Å²) in [6.45, 7) is 3.21. The highest BCUT2D eigenvalue weighted by Gasteiger charge is 2.13. The molecule has 0 aromatic carbocycles. The van der Waals surface area contributed by atoms with E-state index >= 15 is 0 Å². The minimum Gasteiger partial charge on any atom is -0.315 e. The Bertz CT molecular complexity index is 292. The lowest BCUT2D eigenvalue weighted by atomic mass is 10.1. The van der Waals surface area contributed by atoms with Gasteiger partial charge in [0.15, 0.2) is 0 Å². The van der Waals surface area contributed by atoms with E-state index in [1.807, 2.05) is 10.9 Å². The van der Waals surface area contributed by atoms with Gasteiger partial charge in [-0.3, -0.25) is 4.68 Å². The first kappa shape index (κ1) is 11.4. The predicted octanol–water partition coefficient (Wildman–Crippen LogP) is 2.27. The third-order valence-electron chi connectivity index (χ3n) is 3.03. The van der Waals surface area contributed by atoms with Crippen molar-refractivity contribution in [2.24, 2.45) is 5.92 Å². The van der Waals surface area contributed by atoms with Crippen molar-refractivity contribution in [2.75, 3.05) is 13.1 Å². The number of nitrogens with one attached hydrogen (secondary N) is 1. The van der Waals surface area contributed by atoms with Gasteiger partial charge in [0.25, 0.3) is 0 Å². The average Bonchev–Trinajstić information content (AvgIpc) is 2.84. The van der Waals surface area contributed by atoms with Gasteiger partial charge in [0, 0.05) is 12.7 Å². The topological polar surface area (TPSA) is 29.9 Å². The second-order valence-electron chi connectivity index (χ2n) is 4.28. The van der Waals surface area contributed by atoms with E-state index in [0.29, 0.717) is 0 Å². The van der Waals surface area contributed by atoms with Crippen molar-refractivity contribution in [1.82, 2.24) is 15.1 Å². The largest absolute Gasteiger partial charge is 0.315 e. The standard InChI is InChI=1S/C11H18IN3/c12-11-8-14-15(9-11)6-5-13-7-10-3-1-2-4-10/h8-10,13H,1-7H2. The van der Waals surface area contributed by atoms with Crippen LogP contribution < -0.4 is 5.32 Å². The van der Waals surface area contributed by atoms with E-state index in [9.17, 15) is 0 Å². The van der Waals surface area contributed by atoms with Crippen LogP contribution in [-0.4, -0.2) is 22.9 Å². The molecule has 3 nitrogen and oxygen atoms in total. The van der Waals surface area contributed by atoms with Crippen molar-refractivity contribution in [3.8, 4) is 0 Å². The van der Waals surface area contributed by atoms with Gasteiger partial charge in [0.05, 0.1) is 16.3 Å². The number of nitrogens with zero attached hydrogens (tertiary/aromatic N) is 2. The van der Waals surface area contributed by atoms with Gasteiger partial charge in [0.2, 0.25) is 0 Å². The molecule has 0 unspecified atom stereocenters. The number of hydrogen-bond donors (Lipinski definition) is 1. The van der Waals surface area contributed by atoms with Gasteiger partial charge in [-0.05, 0) is 47.9 Å². The predicted molar refractivity (Wildman–Crippen MR) is 69.8 cm³/mol. The molecule has 0 bridgehead atoms. The Morgan fingerprint density at radius 2 is 2.27 bits per heavy atom. The molecular formula is C11H18IN3. The Kier molecular flexibility index (Phi) is 4.43. The van der Waals surface area contributed by atoms with Crippen LogP contribution in [0.25, 0.3) is 0 Å². The van der Waals surface area contributed by atoms with Crippen molar-refractivity contribution >= 4 is 22.6 Å². The average molecular weight is 319 g/mol. The van der Waals surface area contributed by atoms with Crippen LogP contribution in [0.3, 0.4) is 0 Å². The lowest BCUT2D eigenvalue weighted by Gasteiger charge is -2.10. The van der Waals surface area contributed by atoms with Gasteiger partial charge < -0.3 is 5.32 Å². The summed E-state index contributed by atoms with van der Waals surface area (Å²) in [5, 5.41) is 7.78. The minimum absolute atomic E-state index is 0.933. The molecule has 1 fully saturated rings. The highest BCUT2D eigenvalue weighted by Crippen LogP contribution is 2.23. The number of halogens is 1. The molecule has 1 aromatic rings. The van der Waals surface area contributed by atoms with Crippen molar-refractivity contribution in [3.05, 3.63) is 16.0 Å². The normalized spacial score (nSPS) is 17.4. The van der Waals surface area contributed by atoms with Crippen molar-refractivity contribution < 1.29 is 0 Å². The van der Waals surface area contributed by atoms with Crippen LogP contribution in [0.1, 0.15) is 25.7 Å². The second kappa shape index (κ2) is 5.84. The monoisotopic (exact) mass is 319 g/mol. The molecule has 0 radical (unpaired) electrons. The first-order valence-electron chi connectivity index (χ1n) is 5.73. The molecule has 0 aliphatic heterocycles. The molecule has 1 aliphatic carbocycles. The molecule has 0 spiro atoms. The van der Waals surface area contributed by atoms with E-state index in [0.717, 1.165) is 19.0 Å². The lowest BCUT2D eigenvalue weighted by Crippen LogP contribution is -2.25. The van der Waals surface area contributed by atoms with E-state index < -0.39 is 0 Å². The van der Waals surface area contributed by atoms with Crippen LogP contribution in [0.2, 0.25) is 0 Å². The summed E-state index contributed by atoms with van der Waals surface area (Å²) >= 11 is 2.29. The number of hydrogen-bond acceptors (Lipinski definition) is 2. The van der Waals surface area contributed by atoms with E-state index in [-0.39, 0.29) is 0 Å². The second-order valence-corrected chi connectivity index (χ2v) is 5.52. The fourth-order valence-electron chi connectivity index (χ4n) is 2.17. The summed E-state index contributed by atoms with van der Waals surface area (Å²) in [5.41, 5.74) is 0. The van der Waals surface area contributed by atoms with Gasteiger partial charge in [-0.1, -0.05) is 12.8 Å². The smallest absolute Gasteiger partial charge is 0.0623 e. The Labute approximate surface area is 105 Å². The van der Waals surface area contributed by atoms with E-state index in [2.05, 4.69) is 39.2 Å². The van der Waals surface area contributed by atoms with Gasteiger partial charge in [-0.25, -0.2) is 0 Å². The van der Waals surface area contributed by atoms with Crippen LogP contribution >= 0.6 is 22.6 Å². The Morgan fingerprint density at radius 1 is 1.47 bits per heavy atom. The third-order valence-corrected chi connectivity index (χ3v) is 3.58. The van der Waals surface area contributed by atoms with Gasteiger partial charge in [0.1, 0.15) is 0 Å². The molecule has 0 saturated heterocycles. The molecule has 1 saturated carbocycles. The maximum absolute atomic E-state index is 4.25. The SMILES string of the molecule is Ic1cnn(CCNCC2CCCC2)c1. The molecule has 0 amide bonds. The zero-order chi connectivity index (χ0) is 10.5. The van der Waals surface area contributed by atoms with Gasteiger partial charge in [-0.15, -0.1) is 0 Å². The molecule has 1 N–H and O–H groups in total. The molecule has 84 valence electrons. The van der Waals surface area contributed by atoms with Crippen LogP contribution in [0.4, 0.5) is 0 Å². The Hall–Kier alpha value is -0.100. The van der Waals surface area contributed by atoms with Crippen molar-refractivity contribution in [2.45, 2.75) is 32.2 Å². The van der Waals surface area contributed by atoms with E-state index in [1.165, 1.54) is 35.8 Å². The summed E-state index contributed by atoms with van der Waals surface area (Å²) in [7, 11) is 0. The zero-order valence-electron chi connectivity index (χ0n) is 8.95. The van der Waals surface area contributed by atoms with Crippen LogP contribution in [-0.2, 0) is 6.54 Å². The highest BCUT2D eigenvalue weighted by molar-refractivity contribution is 14.1. The zero-order valence-corrected chi connectivity index (χ0v) is 11.1. The minimum atomic E-state index is 0.933. The molecule has 1 heterocycles. The number of aromatic nitrogens is 2. The molecule has 0 atom stereocenters. The molecule has 1 aliphatic rings. The van der Waals surface area contributed by atoms with Crippen LogP contribution in [0.5, 0.6) is 0 Å². The summed E-state index contributed by atoms with van der Waals surface area (Å²) in [5.74, 6) is 0.933. The van der Waals surface area contributed by atoms with Gasteiger partial charge >= 0.3 is 0 Å². The highest BCUT2D eigenvalue weighted by atomic mass is 127. The van der Waals surface area contributed by atoms with E-state index in [4.69, 9.17) is 0 Å². The quantitative estimate of drug-likeness (QED) is 0.666.